The maximum Gasteiger partial charge on any atom is 0.309 e. The average Bonchev–Trinajstić information content (AvgIpc) is 2.44. The summed E-state index contributed by atoms with van der Waals surface area (Å²) in [5.41, 5.74) is 0. The normalized spacial score (nSPS) is 12.1. The van der Waals surface area contributed by atoms with Crippen LogP contribution in [0.2, 0.25) is 0 Å². The van der Waals surface area contributed by atoms with Crippen LogP contribution >= 0.6 is 0 Å². The van der Waals surface area contributed by atoms with Gasteiger partial charge in [-0.3, -0.25) is 9.59 Å². The number of carbonyl (C=O) groups is 2. The SMILES string of the molecule is CCCCCCCCCC(CC(=O)O)C(=O)OCCCC. The Morgan fingerprint density at radius 1 is 0.905 bits per heavy atom. The van der Waals surface area contributed by atoms with E-state index >= 15 is 0 Å². The first-order valence-electron chi connectivity index (χ1n) is 8.50. The Balaban J connectivity index is 3.89. The Kier molecular flexibility index (Phi) is 13.2. The van der Waals surface area contributed by atoms with Crippen LogP contribution in [0.1, 0.15) is 84.5 Å². The van der Waals surface area contributed by atoms with Crippen molar-refractivity contribution in [3.63, 3.8) is 0 Å². The lowest BCUT2D eigenvalue weighted by molar-refractivity contribution is -0.153. The van der Waals surface area contributed by atoms with E-state index in [1.54, 1.807) is 0 Å². The number of unbranched alkanes of at least 4 members (excludes halogenated alkanes) is 7. The molecule has 0 aliphatic carbocycles. The fourth-order valence-electron chi connectivity index (χ4n) is 2.30. The van der Waals surface area contributed by atoms with Crippen molar-refractivity contribution in [1.82, 2.24) is 0 Å². The van der Waals surface area contributed by atoms with Crippen molar-refractivity contribution in [2.75, 3.05) is 6.61 Å². The molecule has 1 atom stereocenters. The van der Waals surface area contributed by atoms with E-state index in [4.69, 9.17) is 9.84 Å². The lowest BCUT2D eigenvalue weighted by atomic mass is 9.97. The van der Waals surface area contributed by atoms with Gasteiger partial charge < -0.3 is 9.84 Å². The van der Waals surface area contributed by atoms with Crippen molar-refractivity contribution in [2.24, 2.45) is 5.92 Å². The van der Waals surface area contributed by atoms with Gasteiger partial charge in [0.1, 0.15) is 0 Å². The minimum Gasteiger partial charge on any atom is -0.481 e. The molecule has 1 unspecified atom stereocenters. The third-order valence-electron chi connectivity index (χ3n) is 3.65. The monoisotopic (exact) mass is 300 g/mol. The van der Waals surface area contributed by atoms with Crippen LogP contribution in [-0.4, -0.2) is 23.7 Å². The molecule has 1 N–H and O–H groups in total. The molecule has 0 spiro atoms. The standard InChI is InChI=1S/C17H32O4/c1-3-5-7-8-9-10-11-12-15(14-16(18)19)17(20)21-13-6-4-2/h15H,3-14H2,1-2H3,(H,18,19). The molecule has 0 aromatic carbocycles. The van der Waals surface area contributed by atoms with Gasteiger partial charge in [-0.2, -0.15) is 0 Å². The second-order valence-electron chi connectivity index (χ2n) is 5.73. The van der Waals surface area contributed by atoms with Gasteiger partial charge >= 0.3 is 11.9 Å². The minimum absolute atomic E-state index is 0.110. The van der Waals surface area contributed by atoms with E-state index in [1.807, 2.05) is 6.92 Å². The topological polar surface area (TPSA) is 63.6 Å². The first-order valence-corrected chi connectivity index (χ1v) is 8.50. The number of carbonyl (C=O) groups excluding carboxylic acids is 1. The summed E-state index contributed by atoms with van der Waals surface area (Å²) in [6.45, 7) is 4.63. The van der Waals surface area contributed by atoms with Crippen molar-refractivity contribution in [3.8, 4) is 0 Å². The molecule has 0 aromatic rings. The molecule has 0 saturated carbocycles. The molecule has 21 heavy (non-hydrogen) atoms. The average molecular weight is 300 g/mol. The molecule has 0 aromatic heterocycles. The number of carboxylic acid groups (broad SMARTS) is 1. The van der Waals surface area contributed by atoms with Gasteiger partial charge in [0, 0.05) is 0 Å². The van der Waals surface area contributed by atoms with Crippen LogP contribution in [0.4, 0.5) is 0 Å². The van der Waals surface area contributed by atoms with Gasteiger partial charge in [-0.05, 0) is 12.8 Å². The van der Waals surface area contributed by atoms with Crippen LogP contribution < -0.4 is 0 Å². The molecule has 4 nitrogen and oxygen atoms in total. The van der Waals surface area contributed by atoms with Gasteiger partial charge in [-0.1, -0.05) is 65.2 Å². The van der Waals surface area contributed by atoms with E-state index in [0.717, 1.165) is 25.7 Å². The zero-order valence-corrected chi connectivity index (χ0v) is 13.7. The van der Waals surface area contributed by atoms with E-state index in [1.165, 1.54) is 32.1 Å². The highest BCUT2D eigenvalue weighted by atomic mass is 16.5. The van der Waals surface area contributed by atoms with E-state index in [0.29, 0.717) is 13.0 Å². The Morgan fingerprint density at radius 3 is 2.05 bits per heavy atom. The fourth-order valence-corrected chi connectivity index (χ4v) is 2.30. The number of ether oxygens (including phenoxy) is 1. The van der Waals surface area contributed by atoms with Gasteiger partial charge in [-0.25, -0.2) is 0 Å². The van der Waals surface area contributed by atoms with Crippen LogP contribution in [0.25, 0.3) is 0 Å². The predicted octanol–water partition coefficient (Wildman–Crippen LogP) is 4.56. The summed E-state index contributed by atoms with van der Waals surface area (Å²) in [6.07, 6.45) is 10.5. The number of hydrogen-bond donors (Lipinski definition) is 1. The van der Waals surface area contributed by atoms with Crippen molar-refractivity contribution < 1.29 is 19.4 Å². The fraction of sp³-hybridized carbons (Fsp3) is 0.882. The van der Waals surface area contributed by atoms with Crippen LogP contribution in [-0.2, 0) is 14.3 Å². The van der Waals surface area contributed by atoms with Crippen molar-refractivity contribution in [1.29, 1.82) is 0 Å². The number of carboxylic acids is 1. The third-order valence-corrected chi connectivity index (χ3v) is 3.65. The molecule has 4 heteroatoms. The van der Waals surface area contributed by atoms with E-state index in [-0.39, 0.29) is 12.4 Å². The second kappa shape index (κ2) is 13.9. The molecular weight excluding hydrogens is 268 g/mol. The van der Waals surface area contributed by atoms with Gasteiger partial charge in [0.25, 0.3) is 0 Å². The Bertz CT molecular complexity index is 276. The second-order valence-corrected chi connectivity index (χ2v) is 5.73. The maximum absolute atomic E-state index is 11.9. The zero-order valence-electron chi connectivity index (χ0n) is 13.7. The largest absolute Gasteiger partial charge is 0.481 e. The molecule has 0 bridgehead atoms. The summed E-state index contributed by atoms with van der Waals surface area (Å²) in [6, 6.07) is 0. The summed E-state index contributed by atoms with van der Waals surface area (Å²) < 4.78 is 5.15. The highest BCUT2D eigenvalue weighted by Gasteiger charge is 2.22. The molecule has 0 amide bonds. The summed E-state index contributed by atoms with van der Waals surface area (Å²) in [5.74, 6) is -1.73. The van der Waals surface area contributed by atoms with Gasteiger partial charge in [0.05, 0.1) is 18.9 Å². The quantitative estimate of drug-likeness (QED) is 0.377. The number of rotatable bonds is 14. The van der Waals surface area contributed by atoms with Crippen molar-refractivity contribution in [3.05, 3.63) is 0 Å². The van der Waals surface area contributed by atoms with E-state index in [9.17, 15) is 9.59 Å². The van der Waals surface area contributed by atoms with Gasteiger partial charge in [-0.15, -0.1) is 0 Å². The lowest BCUT2D eigenvalue weighted by Crippen LogP contribution is -2.21. The molecule has 0 aliphatic rings. The minimum atomic E-state index is -0.921. The summed E-state index contributed by atoms with van der Waals surface area (Å²) in [4.78, 5) is 22.7. The first kappa shape index (κ1) is 19.9. The predicted molar refractivity (Wildman–Crippen MR) is 84.2 cm³/mol. The molecular formula is C17H32O4. The maximum atomic E-state index is 11.9. The van der Waals surface area contributed by atoms with Crippen molar-refractivity contribution >= 4 is 11.9 Å². The molecule has 0 aliphatic heterocycles. The number of esters is 1. The molecule has 0 rings (SSSR count). The summed E-state index contributed by atoms with van der Waals surface area (Å²) >= 11 is 0. The number of aliphatic carboxylic acids is 1. The first-order chi connectivity index (χ1) is 10.1. The van der Waals surface area contributed by atoms with Crippen LogP contribution in [0.3, 0.4) is 0 Å². The Labute approximate surface area is 129 Å². The Hall–Kier alpha value is -1.06. The third kappa shape index (κ3) is 12.4. The van der Waals surface area contributed by atoms with Gasteiger partial charge in [0.15, 0.2) is 0 Å². The highest BCUT2D eigenvalue weighted by molar-refractivity contribution is 5.79. The van der Waals surface area contributed by atoms with E-state index in [2.05, 4.69) is 6.92 Å². The number of hydrogen-bond acceptors (Lipinski definition) is 3. The Morgan fingerprint density at radius 2 is 1.48 bits per heavy atom. The molecule has 0 heterocycles. The van der Waals surface area contributed by atoms with E-state index < -0.39 is 11.9 Å². The molecule has 0 saturated heterocycles. The molecule has 124 valence electrons. The van der Waals surface area contributed by atoms with Crippen molar-refractivity contribution in [2.45, 2.75) is 84.5 Å². The summed E-state index contributed by atoms with van der Waals surface area (Å²) in [5, 5.41) is 8.90. The molecule has 0 radical (unpaired) electrons. The van der Waals surface area contributed by atoms with Crippen LogP contribution in [0.5, 0.6) is 0 Å². The highest BCUT2D eigenvalue weighted by Crippen LogP contribution is 2.17. The lowest BCUT2D eigenvalue weighted by Gasteiger charge is -2.14. The molecule has 0 fully saturated rings. The van der Waals surface area contributed by atoms with Gasteiger partial charge in [0.2, 0.25) is 0 Å². The van der Waals surface area contributed by atoms with Crippen LogP contribution in [0.15, 0.2) is 0 Å². The smallest absolute Gasteiger partial charge is 0.309 e. The zero-order chi connectivity index (χ0) is 15.9. The van der Waals surface area contributed by atoms with Crippen LogP contribution in [0, 0.1) is 5.92 Å². The summed E-state index contributed by atoms with van der Waals surface area (Å²) in [7, 11) is 0.